The Morgan fingerprint density at radius 2 is 1.80 bits per heavy atom. The van der Waals surface area contributed by atoms with Gasteiger partial charge in [-0.25, -0.2) is 4.79 Å². The van der Waals surface area contributed by atoms with E-state index in [-0.39, 0.29) is 5.92 Å². The number of rotatable bonds is 7. The van der Waals surface area contributed by atoms with Crippen LogP contribution in [-0.4, -0.2) is 36.2 Å². The van der Waals surface area contributed by atoms with Gasteiger partial charge in [0.25, 0.3) is 0 Å². The first-order chi connectivity index (χ1) is 11.9. The number of carbonyl (C=O) groups is 2. The minimum Gasteiger partial charge on any atom is -0.467 e. The molecule has 2 aromatic carbocycles. The Hall–Kier alpha value is -2.40. The predicted molar refractivity (Wildman–Crippen MR) is 97.1 cm³/mol. The SMILES string of the molecule is COC(=O)[C@H](Cc1cccc2ccccc12)NC(=O)[C@H](O)CC(C)C. The molecule has 0 unspecified atom stereocenters. The van der Waals surface area contributed by atoms with E-state index < -0.39 is 24.0 Å². The topological polar surface area (TPSA) is 75.6 Å². The van der Waals surface area contributed by atoms with Gasteiger partial charge in [-0.15, -0.1) is 0 Å². The lowest BCUT2D eigenvalue weighted by Gasteiger charge is -2.20. The van der Waals surface area contributed by atoms with E-state index >= 15 is 0 Å². The third kappa shape index (κ3) is 5.03. The van der Waals surface area contributed by atoms with Crippen molar-refractivity contribution in [2.24, 2.45) is 5.92 Å². The van der Waals surface area contributed by atoms with Gasteiger partial charge in [0.2, 0.25) is 5.91 Å². The Bertz CT molecular complexity index is 736. The maximum absolute atomic E-state index is 12.2. The minimum atomic E-state index is -1.14. The highest BCUT2D eigenvalue weighted by Crippen LogP contribution is 2.20. The second kappa shape index (κ2) is 8.62. The lowest BCUT2D eigenvalue weighted by atomic mass is 9.98. The van der Waals surface area contributed by atoms with E-state index in [1.807, 2.05) is 56.3 Å². The van der Waals surface area contributed by atoms with Crippen molar-refractivity contribution in [2.45, 2.75) is 38.8 Å². The standard InChI is InChI=1S/C20H25NO4/c1-13(2)11-18(22)19(23)21-17(20(24)25-3)12-15-9-6-8-14-7-4-5-10-16(14)15/h4-10,13,17-18,22H,11-12H2,1-3H3,(H,21,23)/t17-,18+/m0/s1. The van der Waals surface area contributed by atoms with Gasteiger partial charge in [-0.2, -0.15) is 0 Å². The van der Waals surface area contributed by atoms with E-state index in [1.54, 1.807) is 0 Å². The van der Waals surface area contributed by atoms with E-state index in [4.69, 9.17) is 4.74 Å². The summed E-state index contributed by atoms with van der Waals surface area (Å²) < 4.78 is 4.82. The van der Waals surface area contributed by atoms with Gasteiger partial charge in [0, 0.05) is 6.42 Å². The number of hydrogen-bond acceptors (Lipinski definition) is 4. The minimum absolute atomic E-state index is 0.176. The van der Waals surface area contributed by atoms with Crippen molar-refractivity contribution in [1.29, 1.82) is 0 Å². The molecule has 0 bridgehead atoms. The van der Waals surface area contributed by atoms with E-state index in [0.717, 1.165) is 16.3 Å². The van der Waals surface area contributed by atoms with Crippen LogP contribution in [-0.2, 0) is 20.7 Å². The highest BCUT2D eigenvalue weighted by Gasteiger charge is 2.26. The Kier molecular flexibility index (Phi) is 6.53. The Labute approximate surface area is 148 Å². The summed E-state index contributed by atoms with van der Waals surface area (Å²) in [5.41, 5.74) is 0.937. The van der Waals surface area contributed by atoms with Crippen LogP contribution in [0.5, 0.6) is 0 Å². The van der Waals surface area contributed by atoms with Crippen LogP contribution >= 0.6 is 0 Å². The quantitative estimate of drug-likeness (QED) is 0.757. The van der Waals surface area contributed by atoms with Crippen molar-refractivity contribution in [3.8, 4) is 0 Å². The molecule has 0 aromatic heterocycles. The zero-order valence-corrected chi connectivity index (χ0v) is 14.9. The monoisotopic (exact) mass is 343 g/mol. The molecule has 0 heterocycles. The maximum Gasteiger partial charge on any atom is 0.328 e. The molecule has 2 aromatic rings. The molecule has 2 N–H and O–H groups in total. The number of carbonyl (C=O) groups excluding carboxylic acids is 2. The lowest BCUT2D eigenvalue weighted by Crippen LogP contribution is -2.47. The number of aliphatic hydroxyl groups is 1. The lowest BCUT2D eigenvalue weighted by molar-refractivity contribution is -0.146. The fraction of sp³-hybridized carbons (Fsp3) is 0.400. The summed E-state index contributed by atoms with van der Waals surface area (Å²) in [6.45, 7) is 3.84. The summed E-state index contributed by atoms with van der Waals surface area (Å²) in [6, 6.07) is 12.9. The van der Waals surface area contributed by atoms with E-state index in [0.29, 0.717) is 12.8 Å². The summed E-state index contributed by atoms with van der Waals surface area (Å²) in [7, 11) is 1.29. The Morgan fingerprint density at radius 1 is 1.12 bits per heavy atom. The van der Waals surface area contributed by atoms with Crippen molar-refractivity contribution in [1.82, 2.24) is 5.32 Å². The molecule has 0 aliphatic rings. The molecular weight excluding hydrogens is 318 g/mol. The van der Waals surface area contributed by atoms with Gasteiger partial charge in [-0.05, 0) is 28.7 Å². The number of methoxy groups -OCH3 is 1. The normalized spacial score (nSPS) is 13.5. The third-order valence-corrected chi connectivity index (χ3v) is 4.10. The molecule has 0 fully saturated rings. The van der Waals surface area contributed by atoms with Crippen LogP contribution in [0.15, 0.2) is 42.5 Å². The number of benzene rings is 2. The van der Waals surface area contributed by atoms with Crippen molar-refractivity contribution in [2.75, 3.05) is 7.11 Å². The molecular formula is C20H25NO4. The average Bonchev–Trinajstić information content (AvgIpc) is 2.60. The summed E-state index contributed by atoms with van der Waals surface area (Å²) >= 11 is 0. The molecule has 2 rings (SSSR count). The van der Waals surface area contributed by atoms with E-state index in [1.165, 1.54) is 7.11 Å². The van der Waals surface area contributed by atoms with Crippen LogP contribution in [0.3, 0.4) is 0 Å². The summed E-state index contributed by atoms with van der Waals surface area (Å²) in [6.07, 6.45) is -0.498. The van der Waals surface area contributed by atoms with Crippen LogP contribution in [0.1, 0.15) is 25.8 Å². The molecule has 5 nitrogen and oxygen atoms in total. The van der Waals surface area contributed by atoms with Crippen molar-refractivity contribution >= 4 is 22.6 Å². The number of esters is 1. The highest BCUT2D eigenvalue weighted by molar-refractivity contribution is 5.89. The van der Waals surface area contributed by atoms with Crippen LogP contribution in [0.25, 0.3) is 10.8 Å². The molecule has 134 valence electrons. The van der Waals surface area contributed by atoms with Gasteiger partial charge < -0.3 is 15.2 Å². The summed E-state index contributed by atoms with van der Waals surface area (Å²) in [4.78, 5) is 24.3. The van der Waals surface area contributed by atoms with Gasteiger partial charge in [0.15, 0.2) is 0 Å². The number of fused-ring (bicyclic) bond motifs is 1. The third-order valence-electron chi connectivity index (χ3n) is 4.10. The smallest absolute Gasteiger partial charge is 0.328 e. The molecule has 2 atom stereocenters. The zero-order valence-electron chi connectivity index (χ0n) is 14.9. The highest BCUT2D eigenvalue weighted by atomic mass is 16.5. The van der Waals surface area contributed by atoms with Crippen LogP contribution in [0, 0.1) is 5.92 Å². The molecule has 25 heavy (non-hydrogen) atoms. The van der Waals surface area contributed by atoms with Gasteiger partial charge in [0.1, 0.15) is 12.1 Å². The van der Waals surface area contributed by atoms with Crippen LogP contribution in [0.2, 0.25) is 0 Å². The fourth-order valence-electron chi connectivity index (χ4n) is 2.85. The summed E-state index contributed by atoms with van der Waals surface area (Å²) in [5, 5.41) is 14.7. The first kappa shape index (κ1) is 18.9. The van der Waals surface area contributed by atoms with Crippen LogP contribution < -0.4 is 5.32 Å². The largest absolute Gasteiger partial charge is 0.467 e. The summed E-state index contributed by atoms with van der Waals surface area (Å²) in [5.74, 6) is -0.905. The number of amides is 1. The first-order valence-electron chi connectivity index (χ1n) is 8.45. The maximum atomic E-state index is 12.2. The first-order valence-corrected chi connectivity index (χ1v) is 8.45. The van der Waals surface area contributed by atoms with E-state index in [9.17, 15) is 14.7 Å². The van der Waals surface area contributed by atoms with Crippen LogP contribution in [0.4, 0.5) is 0 Å². The number of aliphatic hydroxyl groups excluding tert-OH is 1. The van der Waals surface area contributed by atoms with Gasteiger partial charge >= 0.3 is 5.97 Å². The molecule has 1 amide bonds. The number of hydrogen-bond donors (Lipinski definition) is 2. The number of ether oxygens (including phenoxy) is 1. The van der Waals surface area contributed by atoms with Crippen molar-refractivity contribution in [3.05, 3.63) is 48.0 Å². The van der Waals surface area contributed by atoms with Crippen molar-refractivity contribution < 1.29 is 19.4 Å². The molecule has 0 saturated carbocycles. The average molecular weight is 343 g/mol. The van der Waals surface area contributed by atoms with Gasteiger partial charge in [-0.3, -0.25) is 4.79 Å². The van der Waals surface area contributed by atoms with Crippen molar-refractivity contribution in [3.63, 3.8) is 0 Å². The number of nitrogens with one attached hydrogen (secondary N) is 1. The van der Waals surface area contributed by atoms with Gasteiger partial charge in [0.05, 0.1) is 7.11 Å². The molecule has 0 aliphatic carbocycles. The van der Waals surface area contributed by atoms with E-state index in [2.05, 4.69) is 5.32 Å². The second-order valence-corrected chi connectivity index (χ2v) is 6.57. The molecule has 0 radical (unpaired) electrons. The van der Waals surface area contributed by atoms with Gasteiger partial charge in [-0.1, -0.05) is 56.3 Å². The zero-order chi connectivity index (χ0) is 18.4. The molecule has 0 aliphatic heterocycles. The second-order valence-electron chi connectivity index (χ2n) is 6.57. The Morgan fingerprint density at radius 3 is 2.48 bits per heavy atom. The predicted octanol–water partition coefficient (Wildman–Crippen LogP) is 2.45. The molecule has 5 heteroatoms. The Balaban J connectivity index is 2.20. The molecule has 0 saturated heterocycles. The fourth-order valence-corrected chi connectivity index (χ4v) is 2.85. The molecule has 0 spiro atoms.